The molecule has 2 amide bonds. The average Bonchev–Trinajstić information content (AvgIpc) is 2.97. The van der Waals surface area contributed by atoms with Crippen LogP contribution in [0.15, 0.2) is 24.5 Å². The van der Waals surface area contributed by atoms with Gasteiger partial charge in [-0.25, -0.2) is 14.5 Å². The summed E-state index contributed by atoms with van der Waals surface area (Å²) in [5, 5.41) is 10.3. The van der Waals surface area contributed by atoms with Gasteiger partial charge in [-0.1, -0.05) is 11.6 Å². The molecule has 128 valence electrons. The van der Waals surface area contributed by atoms with Gasteiger partial charge in [-0.05, 0) is 32.4 Å². The van der Waals surface area contributed by atoms with E-state index in [1.165, 1.54) is 0 Å². The molecule has 3 rings (SSSR count). The molecule has 0 saturated heterocycles. The van der Waals surface area contributed by atoms with Crippen molar-refractivity contribution in [1.29, 1.82) is 0 Å². The van der Waals surface area contributed by atoms with Gasteiger partial charge < -0.3 is 15.4 Å². The molecule has 0 radical (unpaired) electrons. The zero-order valence-electron chi connectivity index (χ0n) is 13.6. The number of carbonyl (C=O) groups excluding carboxylic acids is 1. The molecular formula is C16H20ClN5O2. The normalized spacial score (nSPS) is 16.6. The second-order valence-electron chi connectivity index (χ2n) is 6.00. The summed E-state index contributed by atoms with van der Waals surface area (Å²) in [5.74, 6) is 1.63. The maximum atomic E-state index is 12.2. The van der Waals surface area contributed by atoms with Crippen LogP contribution in [0.3, 0.4) is 0 Å². The molecular weight excluding hydrogens is 330 g/mol. The van der Waals surface area contributed by atoms with E-state index in [4.69, 9.17) is 16.3 Å². The highest BCUT2D eigenvalue weighted by Crippen LogP contribution is 2.27. The minimum absolute atomic E-state index is 0.0153. The lowest BCUT2D eigenvalue weighted by atomic mass is 10.1. The van der Waals surface area contributed by atoms with Gasteiger partial charge in [0.2, 0.25) is 0 Å². The summed E-state index contributed by atoms with van der Waals surface area (Å²) in [6.45, 7) is 4.51. The molecule has 0 aliphatic carbocycles. The Kier molecular flexibility index (Phi) is 4.89. The number of hydrogen-bond acceptors (Lipinski definition) is 4. The number of benzene rings is 1. The Bertz CT molecular complexity index is 731. The van der Waals surface area contributed by atoms with Crippen LogP contribution >= 0.6 is 11.6 Å². The van der Waals surface area contributed by atoms with Crippen molar-refractivity contribution in [2.24, 2.45) is 0 Å². The number of carbonyl (C=O) groups is 1. The average molecular weight is 350 g/mol. The third-order valence-corrected chi connectivity index (χ3v) is 4.01. The molecule has 2 aromatic rings. The fraction of sp³-hybridized carbons (Fsp3) is 0.438. The van der Waals surface area contributed by atoms with Gasteiger partial charge >= 0.3 is 6.03 Å². The molecule has 8 heteroatoms. The van der Waals surface area contributed by atoms with E-state index in [2.05, 4.69) is 20.7 Å². The van der Waals surface area contributed by atoms with Crippen LogP contribution in [0.2, 0.25) is 5.02 Å². The van der Waals surface area contributed by atoms with Gasteiger partial charge in [0.05, 0.1) is 29.4 Å². The van der Waals surface area contributed by atoms with Crippen molar-refractivity contribution in [2.45, 2.75) is 45.4 Å². The number of rotatable bonds is 4. The molecule has 1 aliphatic heterocycles. The van der Waals surface area contributed by atoms with E-state index in [-0.39, 0.29) is 18.2 Å². The number of nitrogens with one attached hydrogen (secondary N) is 2. The summed E-state index contributed by atoms with van der Waals surface area (Å²) < 4.78 is 7.39. The van der Waals surface area contributed by atoms with Crippen LogP contribution in [0.1, 0.15) is 26.1 Å². The highest BCUT2D eigenvalue weighted by atomic mass is 35.5. The van der Waals surface area contributed by atoms with E-state index < -0.39 is 0 Å². The van der Waals surface area contributed by atoms with Gasteiger partial charge in [0.25, 0.3) is 0 Å². The molecule has 24 heavy (non-hydrogen) atoms. The van der Waals surface area contributed by atoms with Crippen molar-refractivity contribution < 1.29 is 9.53 Å². The predicted octanol–water partition coefficient (Wildman–Crippen LogP) is 2.86. The Balaban J connectivity index is 1.57. The molecule has 2 heterocycles. The Morgan fingerprint density at radius 2 is 2.29 bits per heavy atom. The van der Waals surface area contributed by atoms with Crippen LogP contribution in [0, 0.1) is 0 Å². The minimum atomic E-state index is -0.289. The summed E-state index contributed by atoms with van der Waals surface area (Å²) in [6.07, 6.45) is 3.24. The lowest BCUT2D eigenvalue weighted by Crippen LogP contribution is -2.43. The summed E-state index contributed by atoms with van der Waals surface area (Å²) in [7, 11) is 0. The highest BCUT2D eigenvalue weighted by molar-refractivity contribution is 6.33. The molecule has 1 aliphatic rings. The van der Waals surface area contributed by atoms with Crippen molar-refractivity contribution in [3.05, 3.63) is 35.4 Å². The van der Waals surface area contributed by atoms with Crippen LogP contribution in [0.4, 0.5) is 10.5 Å². The molecule has 1 atom stereocenters. The summed E-state index contributed by atoms with van der Waals surface area (Å²) in [5.41, 5.74) is 0.544. The van der Waals surface area contributed by atoms with Crippen molar-refractivity contribution in [2.75, 3.05) is 5.32 Å². The van der Waals surface area contributed by atoms with E-state index in [1.54, 1.807) is 24.5 Å². The van der Waals surface area contributed by atoms with E-state index >= 15 is 0 Å². The second kappa shape index (κ2) is 7.09. The molecule has 0 saturated carbocycles. The van der Waals surface area contributed by atoms with Crippen LogP contribution in [-0.4, -0.2) is 32.9 Å². The topological polar surface area (TPSA) is 81.1 Å². The van der Waals surface area contributed by atoms with Gasteiger partial charge in [-0.2, -0.15) is 5.10 Å². The lowest BCUT2D eigenvalue weighted by Gasteiger charge is -2.23. The molecule has 0 unspecified atom stereocenters. The lowest BCUT2D eigenvalue weighted by molar-refractivity contribution is 0.241. The SMILES string of the molecule is CC(C)Oc1ccc(NC(=O)N[C@H]2CCc3ncnn3C2)c(Cl)c1. The van der Waals surface area contributed by atoms with Crippen LogP contribution < -0.4 is 15.4 Å². The first-order valence-electron chi connectivity index (χ1n) is 7.91. The number of aryl methyl sites for hydroxylation is 1. The first-order valence-corrected chi connectivity index (χ1v) is 8.29. The van der Waals surface area contributed by atoms with E-state index in [0.717, 1.165) is 18.7 Å². The number of nitrogens with zero attached hydrogens (tertiary/aromatic N) is 3. The second-order valence-corrected chi connectivity index (χ2v) is 6.41. The molecule has 1 aromatic carbocycles. The number of amides is 2. The first-order chi connectivity index (χ1) is 11.5. The van der Waals surface area contributed by atoms with Gasteiger partial charge in [-0.15, -0.1) is 0 Å². The van der Waals surface area contributed by atoms with Crippen LogP contribution in [-0.2, 0) is 13.0 Å². The highest BCUT2D eigenvalue weighted by Gasteiger charge is 2.21. The van der Waals surface area contributed by atoms with Crippen LogP contribution in [0.5, 0.6) is 5.75 Å². The van der Waals surface area contributed by atoms with Crippen LogP contribution in [0.25, 0.3) is 0 Å². The first kappa shape index (κ1) is 16.6. The monoisotopic (exact) mass is 349 g/mol. The molecule has 0 spiro atoms. The van der Waals surface area contributed by atoms with Gasteiger partial charge in [0.1, 0.15) is 17.9 Å². The third-order valence-electron chi connectivity index (χ3n) is 3.70. The Hall–Kier alpha value is -2.28. The number of fused-ring (bicyclic) bond motifs is 1. The van der Waals surface area contributed by atoms with Crippen molar-refractivity contribution in [3.8, 4) is 5.75 Å². The van der Waals surface area contributed by atoms with E-state index in [0.29, 0.717) is 23.0 Å². The fourth-order valence-corrected chi connectivity index (χ4v) is 2.86. The standard InChI is InChI=1S/C16H20ClN5O2/c1-10(2)24-12-4-5-14(13(17)7-12)21-16(23)20-11-3-6-15-18-9-19-22(15)8-11/h4-5,7,9-11H,3,6,8H2,1-2H3,(H2,20,21,23)/t11-/m0/s1. The maximum Gasteiger partial charge on any atom is 0.319 e. The largest absolute Gasteiger partial charge is 0.491 e. The Morgan fingerprint density at radius 3 is 3.04 bits per heavy atom. The zero-order valence-corrected chi connectivity index (χ0v) is 14.4. The number of hydrogen-bond donors (Lipinski definition) is 2. The van der Waals surface area contributed by atoms with Crippen molar-refractivity contribution in [1.82, 2.24) is 20.1 Å². The summed E-state index contributed by atoms with van der Waals surface area (Å²) >= 11 is 6.21. The fourth-order valence-electron chi connectivity index (χ4n) is 2.64. The van der Waals surface area contributed by atoms with E-state index in [9.17, 15) is 4.79 Å². The number of anilines is 1. The molecule has 1 aromatic heterocycles. The molecule has 0 bridgehead atoms. The van der Waals surface area contributed by atoms with Gasteiger partial charge in [0, 0.05) is 12.5 Å². The summed E-state index contributed by atoms with van der Waals surface area (Å²) in [4.78, 5) is 16.4. The number of halogens is 1. The van der Waals surface area contributed by atoms with Crippen molar-refractivity contribution in [3.63, 3.8) is 0 Å². The number of aromatic nitrogens is 3. The quantitative estimate of drug-likeness (QED) is 0.889. The van der Waals surface area contributed by atoms with E-state index in [1.807, 2.05) is 18.5 Å². The molecule has 7 nitrogen and oxygen atoms in total. The van der Waals surface area contributed by atoms with Crippen molar-refractivity contribution >= 4 is 23.3 Å². The number of urea groups is 1. The Labute approximate surface area is 145 Å². The Morgan fingerprint density at radius 1 is 1.46 bits per heavy atom. The molecule has 0 fully saturated rings. The number of ether oxygens (including phenoxy) is 1. The zero-order chi connectivity index (χ0) is 17.1. The maximum absolute atomic E-state index is 12.2. The van der Waals surface area contributed by atoms with Gasteiger partial charge in [0.15, 0.2) is 0 Å². The summed E-state index contributed by atoms with van der Waals surface area (Å²) in [6, 6.07) is 4.93. The predicted molar refractivity (Wildman–Crippen MR) is 91.5 cm³/mol. The molecule has 2 N–H and O–H groups in total. The smallest absolute Gasteiger partial charge is 0.319 e. The van der Waals surface area contributed by atoms with Gasteiger partial charge in [-0.3, -0.25) is 0 Å². The third kappa shape index (κ3) is 3.97. The minimum Gasteiger partial charge on any atom is -0.491 e.